The number of nitrogens with two attached hydrogens (primary N) is 1. The first-order valence-electron chi connectivity index (χ1n) is 8.10. The molecule has 1 aromatic rings. The summed E-state index contributed by atoms with van der Waals surface area (Å²) < 4.78 is 11.1. The summed E-state index contributed by atoms with van der Waals surface area (Å²) in [6.45, 7) is 1.21. The molecule has 5 heteroatoms. The molecule has 0 spiro atoms. The fourth-order valence-electron chi connectivity index (χ4n) is 2.68. The molecule has 1 saturated carbocycles. The molecule has 0 heterocycles. The number of aliphatic imine (C=N–C) groups is 1. The Morgan fingerprint density at radius 2 is 2.05 bits per heavy atom. The Labute approximate surface area is 132 Å². The second kappa shape index (κ2) is 9.30. The van der Waals surface area contributed by atoms with Gasteiger partial charge in [0.15, 0.2) is 5.96 Å². The van der Waals surface area contributed by atoms with Gasteiger partial charge in [-0.1, -0.05) is 31.7 Å². The smallest absolute Gasteiger partial charge is 0.193 e. The van der Waals surface area contributed by atoms with E-state index in [0.717, 1.165) is 11.4 Å². The molecule has 1 fully saturated rings. The maximum Gasteiger partial charge on any atom is 0.193 e. The van der Waals surface area contributed by atoms with Crippen LogP contribution in [0, 0.1) is 0 Å². The van der Waals surface area contributed by atoms with Crippen LogP contribution < -0.4 is 15.8 Å². The molecule has 0 unspecified atom stereocenters. The maximum atomic E-state index is 5.89. The van der Waals surface area contributed by atoms with Crippen molar-refractivity contribution >= 4 is 11.6 Å². The van der Waals surface area contributed by atoms with Crippen LogP contribution in [-0.2, 0) is 4.74 Å². The summed E-state index contributed by atoms with van der Waals surface area (Å²) in [6, 6.07) is 7.60. The average molecular weight is 305 g/mol. The van der Waals surface area contributed by atoms with Gasteiger partial charge in [0.1, 0.15) is 5.75 Å². The molecule has 22 heavy (non-hydrogen) atoms. The quantitative estimate of drug-likeness (QED) is 0.366. The third-order valence-electron chi connectivity index (χ3n) is 3.87. The zero-order chi connectivity index (χ0) is 15.6. The van der Waals surface area contributed by atoms with Crippen LogP contribution in [0.3, 0.4) is 0 Å². The van der Waals surface area contributed by atoms with Gasteiger partial charge in [0.05, 0.1) is 26.4 Å². The second-order valence-electron chi connectivity index (χ2n) is 5.61. The predicted molar refractivity (Wildman–Crippen MR) is 90.5 cm³/mol. The average Bonchev–Trinajstić information content (AvgIpc) is 2.80. The summed E-state index contributed by atoms with van der Waals surface area (Å²) in [6.07, 6.45) is 8.03. The molecule has 0 amide bonds. The van der Waals surface area contributed by atoms with Gasteiger partial charge in [0.25, 0.3) is 0 Å². The van der Waals surface area contributed by atoms with Gasteiger partial charge in [0, 0.05) is 11.8 Å². The van der Waals surface area contributed by atoms with Crippen molar-refractivity contribution < 1.29 is 9.47 Å². The molecule has 0 aromatic heterocycles. The molecule has 3 N–H and O–H groups in total. The summed E-state index contributed by atoms with van der Waals surface area (Å²) in [4.78, 5) is 4.30. The minimum absolute atomic E-state index is 0.401. The monoisotopic (exact) mass is 305 g/mol. The number of nitrogens with one attached hydrogen (secondary N) is 1. The van der Waals surface area contributed by atoms with E-state index in [4.69, 9.17) is 15.2 Å². The lowest BCUT2D eigenvalue weighted by Crippen LogP contribution is -2.24. The Morgan fingerprint density at radius 3 is 2.77 bits per heavy atom. The number of nitrogens with zero attached hydrogens (tertiary/aromatic N) is 1. The van der Waals surface area contributed by atoms with Crippen LogP contribution in [0.1, 0.15) is 38.5 Å². The SMILES string of the molecule is COc1cccc(NC(N)=NCCOC2CCCCCC2)c1. The standard InChI is InChI=1S/C17H27N3O2/c1-21-16-10-6-7-14(13-16)20-17(18)19-11-12-22-15-8-4-2-3-5-9-15/h6-7,10,13,15H,2-5,8-9,11-12H2,1H3,(H3,18,19,20). The second-order valence-corrected chi connectivity index (χ2v) is 5.61. The van der Waals surface area contributed by atoms with E-state index in [0.29, 0.717) is 25.2 Å². The van der Waals surface area contributed by atoms with Gasteiger partial charge in [-0.15, -0.1) is 0 Å². The number of anilines is 1. The number of methoxy groups -OCH3 is 1. The fourth-order valence-corrected chi connectivity index (χ4v) is 2.68. The van der Waals surface area contributed by atoms with Gasteiger partial charge >= 0.3 is 0 Å². The lowest BCUT2D eigenvalue weighted by Gasteiger charge is -2.14. The van der Waals surface area contributed by atoms with E-state index in [2.05, 4.69) is 10.3 Å². The van der Waals surface area contributed by atoms with Crippen LogP contribution in [0.4, 0.5) is 5.69 Å². The van der Waals surface area contributed by atoms with E-state index < -0.39 is 0 Å². The molecule has 0 aliphatic heterocycles. The van der Waals surface area contributed by atoms with Gasteiger partial charge in [-0.25, -0.2) is 0 Å². The molecule has 0 radical (unpaired) electrons. The van der Waals surface area contributed by atoms with Crippen molar-refractivity contribution in [3.8, 4) is 5.75 Å². The van der Waals surface area contributed by atoms with Crippen molar-refractivity contribution in [3.05, 3.63) is 24.3 Å². The first kappa shape index (κ1) is 16.6. The third-order valence-corrected chi connectivity index (χ3v) is 3.87. The molecular weight excluding hydrogens is 278 g/mol. The molecular formula is C17H27N3O2. The van der Waals surface area contributed by atoms with E-state index >= 15 is 0 Å². The topological polar surface area (TPSA) is 68.9 Å². The van der Waals surface area contributed by atoms with E-state index in [1.807, 2.05) is 24.3 Å². The summed E-state index contributed by atoms with van der Waals surface area (Å²) in [5.41, 5.74) is 6.75. The third kappa shape index (κ3) is 5.93. The number of hydrogen-bond acceptors (Lipinski definition) is 3. The van der Waals surface area contributed by atoms with Crippen LogP contribution in [0.2, 0.25) is 0 Å². The molecule has 2 rings (SSSR count). The van der Waals surface area contributed by atoms with E-state index in [-0.39, 0.29) is 0 Å². The van der Waals surface area contributed by atoms with Gasteiger partial charge in [0.2, 0.25) is 0 Å². The summed E-state index contributed by atoms with van der Waals surface area (Å²) in [5.74, 6) is 1.19. The first-order valence-corrected chi connectivity index (χ1v) is 8.10. The maximum absolute atomic E-state index is 5.89. The van der Waals surface area contributed by atoms with Crippen molar-refractivity contribution in [1.82, 2.24) is 0 Å². The van der Waals surface area contributed by atoms with Crippen molar-refractivity contribution in [2.24, 2.45) is 10.7 Å². The lowest BCUT2D eigenvalue weighted by molar-refractivity contribution is 0.0487. The van der Waals surface area contributed by atoms with Crippen molar-refractivity contribution in [2.45, 2.75) is 44.6 Å². The largest absolute Gasteiger partial charge is 0.497 e. The summed E-state index contributed by atoms with van der Waals surface area (Å²) >= 11 is 0. The predicted octanol–water partition coefficient (Wildman–Crippen LogP) is 3.16. The van der Waals surface area contributed by atoms with Crippen LogP contribution >= 0.6 is 0 Å². The molecule has 0 saturated heterocycles. The minimum Gasteiger partial charge on any atom is -0.497 e. The van der Waals surface area contributed by atoms with E-state index in [1.54, 1.807) is 7.11 Å². The zero-order valence-corrected chi connectivity index (χ0v) is 13.4. The van der Waals surface area contributed by atoms with Crippen LogP contribution in [0.5, 0.6) is 5.75 Å². The highest BCUT2D eigenvalue weighted by Gasteiger charge is 2.11. The lowest BCUT2D eigenvalue weighted by atomic mass is 10.1. The zero-order valence-electron chi connectivity index (χ0n) is 13.4. The van der Waals surface area contributed by atoms with Gasteiger partial charge < -0.3 is 20.5 Å². The fraction of sp³-hybridized carbons (Fsp3) is 0.588. The minimum atomic E-state index is 0.401. The van der Waals surface area contributed by atoms with E-state index in [9.17, 15) is 0 Å². The normalized spacial score (nSPS) is 17.0. The Morgan fingerprint density at radius 1 is 1.27 bits per heavy atom. The van der Waals surface area contributed by atoms with Crippen LogP contribution in [0.15, 0.2) is 29.3 Å². The van der Waals surface area contributed by atoms with Crippen molar-refractivity contribution in [3.63, 3.8) is 0 Å². The highest BCUT2D eigenvalue weighted by molar-refractivity contribution is 5.92. The Balaban J connectivity index is 1.70. The molecule has 122 valence electrons. The van der Waals surface area contributed by atoms with E-state index in [1.165, 1.54) is 38.5 Å². The molecule has 0 bridgehead atoms. The number of ether oxygens (including phenoxy) is 2. The van der Waals surface area contributed by atoms with Gasteiger partial charge in [-0.2, -0.15) is 0 Å². The Kier molecular flexibility index (Phi) is 7.03. The molecule has 1 aliphatic rings. The Bertz CT molecular complexity index is 469. The Hall–Kier alpha value is -1.75. The highest BCUT2D eigenvalue weighted by Crippen LogP contribution is 2.19. The molecule has 0 atom stereocenters. The van der Waals surface area contributed by atoms with Crippen molar-refractivity contribution in [1.29, 1.82) is 0 Å². The molecule has 5 nitrogen and oxygen atoms in total. The van der Waals surface area contributed by atoms with Crippen LogP contribution in [-0.4, -0.2) is 32.3 Å². The number of guanidine groups is 1. The summed E-state index contributed by atoms with van der Waals surface area (Å²) in [7, 11) is 1.64. The highest BCUT2D eigenvalue weighted by atomic mass is 16.5. The first-order chi connectivity index (χ1) is 10.8. The number of rotatable bonds is 6. The van der Waals surface area contributed by atoms with Crippen LogP contribution in [0.25, 0.3) is 0 Å². The number of benzene rings is 1. The molecule has 1 aromatic carbocycles. The van der Waals surface area contributed by atoms with Crippen molar-refractivity contribution in [2.75, 3.05) is 25.6 Å². The van der Waals surface area contributed by atoms with Gasteiger partial charge in [-0.3, -0.25) is 4.99 Å². The summed E-state index contributed by atoms with van der Waals surface area (Å²) in [5, 5.41) is 3.06. The molecule has 1 aliphatic carbocycles. The van der Waals surface area contributed by atoms with Gasteiger partial charge in [-0.05, 0) is 25.0 Å². The number of hydrogen-bond donors (Lipinski definition) is 2.